The fourth-order valence-corrected chi connectivity index (χ4v) is 3.64. The van der Waals surface area contributed by atoms with Gasteiger partial charge >= 0.3 is 0 Å². The summed E-state index contributed by atoms with van der Waals surface area (Å²) < 4.78 is 5.51. The highest BCUT2D eigenvalue weighted by Gasteiger charge is 2.16. The molecular weight excluding hydrogens is 364 g/mol. The van der Waals surface area contributed by atoms with Crippen LogP contribution in [0.3, 0.4) is 0 Å². The number of rotatable bonds is 14. The molecule has 5 heteroatoms. The first kappa shape index (κ1) is 23.4. The molecule has 2 amide bonds. The third-order valence-electron chi connectivity index (χ3n) is 5.45. The van der Waals surface area contributed by atoms with Gasteiger partial charge in [0.05, 0.1) is 6.10 Å². The van der Waals surface area contributed by atoms with Gasteiger partial charge in [0.25, 0.3) is 5.91 Å². The third-order valence-corrected chi connectivity index (χ3v) is 5.45. The van der Waals surface area contributed by atoms with Gasteiger partial charge in [0.1, 0.15) is 0 Å². The standard InChI is InChI=1S/C24H38N2O3/c1-2-3-4-5-6-7-8-9-10-13-23(27)26-21-16-14-20(15-17-21)24(28)25-19-22-12-11-18-29-22/h14-17,22H,2-13,18-19H2,1H3,(H,25,28)(H,26,27)/t22-/m1/s1. The van der Waals surface area contributed by atoms with E-state index in [0.29, 0.717) is 18.5 Å². The van der Waals surface area contributed by atoms with Gasteiger partial charge in [-0.2, -0.15) is 0 Å². The number of nitrogens with one attached hydrogen (secondary N) is 2. The molecule has 1 heterocycles. The van der Waals surface area contributed by atoms with E-state index < -0.39 is 0 Å². The summed E-state index contributed by atoms with van der Waals surface area (Å²) >= 11 is 0. The summed E-state index contributed by atoms with van der Waals surface area (Å²) in [4.78, 5) is 24.3. The molecule has 0 aliphatic carbocycles. The normalized spacial score (nSPS) is 16.0. The van der Waals surface area contributed by atoms with Crippen molar-refractivity contribution in [2.45, 2.75) is 90.1 Å². The second kappa shape index (κ2) is 14.2. The molecule has 1 saturated heterocycles. The van der Waals surface area contributed by atoms with Gasteiger partial charge in [0.15, 0.2) is 0 Å². The topological polar surface area (TPSA) is 67.4 Å². The van der Waals surface area contributed by atoms with E-state index in [1.54, 1.807) is 24.3 Å². The minimum atomic E-state index is -0.104. The lowest BCUT2D eigenvalue weighted by Gasteiger charge is -2.11. The van der Waals surface area contributed by atoms with Crippen molar-refractivity contribution in [3.8, 4) is 0 Å². The average molecular weight is 403 g/mol. The van der Waals surface area contributed by atoms with Crippen LogP contribution in [0.1, 0.15) is 94.3 Å². The summed E-state index contributed by atoms with van der Waals surface area (Å²) in [5.74, 6) is -0.0587. The largest absolute Gasteiger partial charge is 0.376 e. The fraction of sp³-hybridized carbons (Fsp3) is 0.667. The van der Waals surface area contributed by atoms with Crippen LogP contribution in [-0.2, 0) is 9.53 Å². The lowest BCUT2D eigenvalue weighted by molar-refractivity contribution is -0.116. The summed E-state index contributed by atoms with van der Waals surface area (Å²) in [6.07, 6.45) is 14.0. The SMILES string of the molecule is CCCCCCCCCCCC(=O)Nc1ccc(C(=O)NC[C@H]2CCCO2)cc1. The summed E-state index contributed by atoms with van der Waals surface area (Å²) in [5.41, 5.74) is 1.33. The predicted molar refractivity (Wildman–Crippen MR) is 118 cm³/mol. The van der Waals surface area contributed by atoms with E-state index in [-0.39, 0.29) is 17.9 Å². The number of anilines is 1. The van der Waals surface area contributed by atoms with Gasteiger partial charge in [0, 0.05) is 30.8 Å². The van der Waals surface area contributed by atoms with Crippen molar-refractivity contribution in [2.24, 2.45) is 0 Å². The molecule has 0 bridgehead atoms. The maximum absolute atomic E-state index is 12.2. The number of ether oxygens (including phenoxy) is 1. The molecule has 0 radical (unpaired) electrons. The van der Waals surface area contributed by atoms with Crippen LogP contribution in [0.15, 0.2) is 24.3 Å². The maximum Gasteiger partial charge on any atom is 0.251 e. The Labute approximate surface area is 176 Å². The Morgan fingerprint density at radius 2 is 1.62 bits per heavy atom. The molecule has 0 saturated carbocycles. The summed E-state index contributed by atoms with van der Waals surface area (Å²) in [5, 5.41) is 5.83. The van der Waals surface area contributed by atoms with Gasteiger partial charge in [-0.05, 0) is 43.5 Å². The molecule has 5 nitrogen and oxygen atoms in total. The minimum absolute atomic E-state index is 0.0449. The van der Waals surface area contributed by atoms with Crippen LogP contribution in [0.25, 0.3) is 0 Å². The van der Waals surface area contributed by atoms with Crippen molar-refractivity contribution in [1.29, 1.82) is 0 Å². The summed E-state index contributed by atoms with van der Waals surface area (Å²) in [7, 11) is 0. The van der Waals surface area contributed by atoms with Crippen LogP contribution in [0.4, 0.5) is 5.69 Å². The Bertz CT molecular complexity index is 595. The molecule has 0 aromatic heterocycles. The first-order chi connectivity index (χ1) is 14.2. The maximum atomic E-state index is 12.2. The zero-order chi connectivity index (χ0) is 20.7. The van der Waals surface area contributed by atoms with Gasteiger partial charge in [-0.1, -0.05) is 58.3 Å². The minimum Gasteiger partial charge on any atom is -0.376 e. The van der Waals surface area contributed by atoms with Crippen molar-refractivity contribution < 1.29 is 14.3 Å². The molecule has 0 unspecified atom stereocenters. The van der Waals surface area contributed by atoms with E-state index in [4.69, 9.17) is 4.74 Å². The average Bonchev–Trinajstić information content (AvgIpc) is 3.25. The monoisotopic (exact) mass is 402 g/mol. The van der Waals surface area contributed by atoms with Gasteiger partial charge in [-0.15, -0.1) is 0 Å². The molecule has 2 rings (SSSR count). The summed E-state index contributed by atoms with van der Waals surface area (Å²) in [6, 6.07) is 7.07. The molecule has 162 valence electrons. The smallest absolute Gasteiger partial charge is 0.251 e. The quantitative estimate of drug-likeness (QED) is 0.406. The molecule has 1 aliphatic rings. The van der Waals surface area contributed by atoms with Crippen molar-refractivity contribution in [3.63, 3.8) is 0 Å². The third kappa shape index (κ3) is 9.93. The number of amides is 2. The van der Waals surface area contributed by atoms with Crippen molar-refractivity contribution in [3.05, 3.63) is 29.8 Å². The first-order valence-corrected chi connectivity index (χ1v) is 11.5. The van der Waals surface area contributed by atoms with Crippen molar-refractivity contribution >= 4 is 17.5 Å². The van der Waals surface area contributed by atoms with Crippen molar-refractivity contribution in [1.82, 2.24) is 5.32 Å². The predicted octanol–water partition coefficient (Wildman–Crippen LogP) is 5.45. The second-order valence-corrected chi connectivity index (χ2v) is 8.05. The van der Waals surface area contributed by atoms with Crippen molar-refractivity contribution in [2.75, 3.05) is 18.5 Å². The molecule has 0 spiro atoms. The van der Waals surface area contributed by atoms with E-state index in [0.717, 1.165) is 38.0 Å². The number of hydrogen-bond acceptors (Lipinski definition) is 3. The molecular formula is C24H38N2O3. The Morgan fingerprint density at radius 3 is 2.24 bits per heavy atom. The first-order valence-electron chi connectivity index (χ1n) is 11.5. The number of carbonyl (C=O) groups is 2. The van der Waals surface area contributed by atoms with Gasteiger partial charge < -0.3 is 15.4 Å². The molecule has 2 N–H and O–H groups in total. The zero-order valence-electron chi connectivity index (χ0n) is 18.0. The van der Waals surface area contributed by atoms with E-state index in [1.807, 2.05) is 0 Å². The molecule has 1 aromatic carbocycles. The highest BCUT2D eigenvalue weighted by molar-refractivity contribution is 5.95. The Morgan fingerprint density at radius 1 is 0.966 bits per heavy atom. The zero-order valence-corrected chi connectivity index (χ0v) is 18.0. The number of carbonyl (C=O) groups excluding carboxylic acids is 2. The van der Waals surface area contributed by atoms with Crippen LogP contribution in [0.2, 0.25) is 0 Å². The summed E-state index contributed by atoms with van der Waals surface area (Å²) in [6.45, 7) is 3.58. The molecule has 29 heavy (non-hydrogen) atoms. The van der Waals surface area contributed by atoms with E-state index in [1.165, 1.54) is 44.9 Å². The van der Waals surface area contributed by atoms with Gasteiger partial charge in [-0.3, -0.25) is 9.59 Å². The number of hydrogen-bond donors (Lipinski definition) is 2. The number of benzene rings is 1. The van der Waals surface area contributed by atoms with Gasteiger partial charge in [-0.25, -0.2) is 0 Å². The number of unbranched alkanes of at least 4 members (excludes halogenated alkanes) is 8. The van der Waals surface area contributed by atoms with Crippen LogP contribution in [0, 0.1) is 0 Å². The van der Waals surface area contributed by atoms with E-state index in [9.17, 15) is 9.59 Å². The second-order valence-electron chi connectivity index (χ2n) is 8.05. The van der Waals surface area contributed by atoms with Crippen LogP contribution < -0.4 is 10.6 Å². The van der Waals surface area contributed by atoms with Crippen LogP contribution >= 0.6 is 0 Å². The molecule has 1 aliphatic heterocycles. The Kier molecular flexibility index (Phi) is 11.4. The molecule has 1 fully saturated rings. The lowest BCUT2D eigenvalue weighted by Crippen LogP contribution is -2.31. The molecule has 1 atom stereocenters. The van der Waals surface area contributed by atoms with Crippen LogP contribution in [-0.4, -0.2) is 31.1 Å². The Hall–Kier alpha value is -1.88. The Balaban J connectivity index is 1.56. The van der Waals surface area contributed by atoms with Gasteiger partial charge in [0.2, 0.25) is 5.91 Å². The highest BCUT2D eigenvalue weighted by Crippen LogP contribution is 2.14. The fourth-order valence-electron chi connectivity index (χ4n) is 3.64. The lowest BCUT2D eigenvalue weighted by atomic mass is 10.1. The van der Waals surface area contributed by atoms with E-state index in [2.05, 4.69) is 17.6 Å². The highest BCUT2D eigenvalue weighted by atomic mass is 16.5. The molecule has 1 aromatic rings. The van der Waals surface area contributed by atoms with Crippen LogP contribution in [0.5, 0.6) is 0 Å². The van der Waals surface area contributed by atoms with E-state index >= 15 is 0 Å².